The molecule has 7 heteroatoms. The minimum absolute atomic E-state index is 0.689. The summed E-state index contributed by atoms with van der Waals surface area (Å²) < 4.78 is 25.4. The molecule has 4 nitrogen and oxygen atoms in total. The van der Waals surface area contributed by atoms with E-state index in [0.717, 1.165) is 12.5 Å². The second-order valence-corrected chi connectivity index (χ2v) is 18.8. The lowest BCUT2D eigenvalue weighted by atomic mass is 10.1. The van der Waals surface area contributed by atoms with Crippen LogP contribution in [0.2, 0.25) is 38.8 Å². The number of hydrogen-bond donors (Lipinski definition) is 1. The molecule has 0 aromatic heterocycles. The van der Waals surface area contributed by atoms with Gasteiger partial charge in [0.2, 0.25) is 0 Å². The standard InChI is InChI=1S/C16H31O4PSi2/c1-8-14-23(6,7)20-21(17,18)16(2,19-22(3,4)5)15-12-10-9-11-13-15/h9-13H,8,14H2,1-7H3,(H,17,18). The van der Waals surface area contributed by atoms with Gasteiger partial charge in [-0.2, -0.15) is 0 Å². The summed E-state index contributed by atoms with van der Waals surface area (Å²) in [6.45, 7) is 13.8. The van der Waals surface area contributed by atoms with Gasteiger partial charge in [0, 0.05) is 0 Å². The molecule has 0 saturated carbocycles. The quantitative estimate of drug-likeness (QED) is 0.480. The third kappa shape index (κ3) is 5.66. The molecule has 0 saturated heterocycles. The van der Waals surface area contributed by atoms with E-state index in [1.54, 1.807) is 6.92 Å². The van der Waals surface area contributed by atoms with E-state index in [-0.39, 0.29) is 0 Å². The van der Waals surface area contributed by atoms with Gasteiger partial charge in [0.05, 0.1) is 0 Å². The normalized spacial score (nSPS) is 18.3. The van der Waals surface area contributed by atoms with Gasteiger partial charge in [0.15, 0.2) is 22.0 Å². The average Bonchev–Trinajstić information content (AvgIpc) is 2.36. The molecule has 0 radical (unpaired) electrons. The maximum atomic E-state index is 13.3. The molecule has 0 amide bonds. The van der Waals surface area contributed by atoms with Crippen LogP contribution >= 0.6 is 7.60 Å². The van der Waals surface area contributed by atoms with E-state index in [4.69, 9.17) is 8.64 Å². The first-order valence-corrected chi connectivity index (χ1v) is 16.2. The van der Waals surface area contributed by atoms with E-state index in [9.17, 15) is 9.46 Å². The van der Waals surface area contributed by atoms with E-state index < -0.39 is 29.6 Å². The Hall–Kier alpha value is -0.236. The Bertz CT molecular complexity index is 557. The van der Waals surface area contributed by atoms with Crippen molar-refractivity contribution in [3.63, 3.8) is 0 Å². The van der Waals surface area contributed by atoms with Gasteiger partial charge in [0.1, 0.15) is 0 Å². The second kappa shape index (κ2) is 7.34. The fraction of sp³-hybridized carbons (Fsp3) is 0.625. The lowest BCUT2D eigenvalue weighted by Gasteiger charge is -2.41. The van der Waals surface area contributed by atoms with Crippen LogP contribution in [0.1, 0.15) is 25.8 Å². The van der Waals surface area contributed by atoms with E-state index >= 15 is 0 Å². The van der Waals surface area contributed by atoms with Gasteiger partial charge >= 0.3 is 7.60 Å². The third-order valence-electron chi connectivity index (χ3n) is 3.58. The predicted molar refractivity (Wildman–Crippen MR) is 102 cm³/mol. The molecule has 0 aliphatic carbocycles. The molecule has 0 fully saturated rings. The monoisotopic (exact) mass is 374 g/mol. The highest BCUT2D eigenvalue weighted by Crippen LogP contribution is 2.63. The van der Waals surface area contributed by atoms with Crippen molar-refractivity contribution in [1.82, 2.24) is 0 Å². The number of rotatable bonds is 8. The Kier molecular flexibility index (Phi) is 6.64. The Balaban J connectivity index is 3.31. The minimum atomic E-state index is -4.01. The summed E-state index contributed by atoms with van der Waals surface area (Å²) in [4.78, 5) is 10.9. The van der Waals surface area contributed by atoms with Gasteiger partial charge in [-0.05, 0) is 51.3 Å². The SMILES string of the molecule is CCC[Si](C)(C)OP(=O)(O)C(C)(O[Si](C)(C)C)c1ccccc1. The van der Waals surface area contributed by atoms with E-state index in [1.807, 2.05) is 63.1 Å². The molecule has 0 spiro atoms. The van der Waals surface area contributed by atoms with Crippen molar-refractivity contribution in [2.45, 2.75) is 64.4 Å². The minimum Gasteiger partial charge on any atom is -0.398 e. The maximum absolute atomic E-state index is 13.3. The summed E-state index contributed by atoms with van der Waals surface area (Å²) >= 11 is 0. The zero-order valence-corrected chi connectivity index (χ0v) is 18.3. The molecule has 132 valence electrons. The summed E-state index contributed by atoms with van der Waals surface area (Å²) in [6.07, 6.45) is 0.941. The van der Waals surface area contributed by atoms with E-state index in [1.165, 1.54) is 0 Å². The first kappa shape index (κ1) is 20.8. The van der Waals surface area contributed by atoms with Crippen LogP contribution in [0.25, 0.3) is 0 Å². The topological polar surface area (TPSA) is 55.8 Å². The zero-order valence-electron chi connectivity index (χ0n) is 15.4. The van der Waals surface area contributed by atoms with Crippen LogP contribution in [-0.2, 0) is 18.5 Å². The molecule has 1 aromatic rings. The fourth-order valence-corrected chi connectivity index (χ4v) is 10.7. The highest BCUT2D eigenvalue weighted by molar-refractivity contribution is 7.55. The average molecular weight is 375 g/mol. The lowest BCUT2D eigenvalue weighted by molar-refractivity contribution is 0.128. The van der Waals surface area contributed by atoms with Crippen LogP contribution in [-0.4, -0.2) is 21.5 Å². The Labute approximate surface area is 143 Å². The lowest BCUT2D eigenvalue weighted by Crippen LogP contribution is -2.41. The Morgan fingerprint density at radius 1 is 1.13 bits per heavy atom. The molecule has 0 aliphatic heterocycles. The van der Waals surface area contributed by atoms with Crippen molar-refractivity contribution >= 4 is 24.2 Å². The third-order valence-corrected chi connectivity index (χ3v) is 10.9. The van der Waals surface area contributed by atoms with Crippen LogP contribution in [0.3, 0.4) is 0 Å². The van der Waals surface area contributed by atoms with E-state index in [0.29, 0.717) is 5.56 Å². The highest BCUT2D eigenvalue weighted by Gasteiger charge is 2.52. The Morgan fingerprint density at radius 3 is 2.09 bits per heavy atom. The van der Waals surface area contributed by atoms with Gasteiger partial charge in [-0.25, -0.2) is 0 Å². The molecule has 2 unspecified atom stereocenters. The van der Waals surface area contributed by atoms with Crippen molar-refractivity contribution in [1.29, 1.82) is 0 Å². The molecular formula is C16H31O4PSi2. The van der Waals surface area contributed by atoms with Crippen LogP contribution in [0.4, 0.5) is 0 Å². The van der Waals surface area contributed by atoms with E-state index in [2.05, 4.69) is 6.92 Å². The summed E-state index contributed by atoms with van der Waals surface area (Å²) in [5, 5.41) is -1.34. The zero-order chi connectivity index (χ0) is 17.9. The van der Waals surface area contributed by atoms with Crippen LogP contribution in [0, 0.1) is 0 Å². The van der Waals surface area contributed by atoms with Crippen molar-refractivity contribution in [2.24, 2.45) is 0 Å². The first-order chi connectivity index (χ1) is 10.3. The van der Waals surface area contributed by atoms with Gasteiger partial charge in [0.25, 0.3) is 0 Å². The molecule has 0 heterocycles. The van der Waals surface area contributed by atoms with Crippen LogP contribution in [0.15, 0.2) is 30.3 Å². The molecule has 2 atom stereocenters. The number of benzene rings is 1. The fourth-order valence-electron chi connectivity index (χ4n) is 2.69. The largest absolute Gasteiger partial charge is 0.398 e. The van der Waals surface area contributed by atoms with Gasteiger partial charge < -0.3 is 13.5 Å². The highest BCUT2D eigenvalue weighted by atomic mass is 31.2. The summed E-state index contributed by atoms with van der Waals surface area (Å²) in [7, 11) is -8.32. The van der Waals surface area contributed by atoms with Crippen molar-refractivity contribution in [2.75, 3.05) is 0 Å². The van der Waals surface area contributed by atoms with Crippen LogP contribution < -0.4 is 0 Å². The molecule has 0 bridgehead atoms. The molecule has 1 N–H and O–H groups in total. The van der Waals surface area contributed by atoms with Gasteiger partial charge in [-0.15, -0.1) is 0 Å². The van der Waals surface area contributed by atoms with Crippen molar-refractivity contribution < 1.29 is 18.1 Å². The molecule has 1 aromatic carbocycles. The van der Waals surface area contributed by atoms with Crippen molar-refractivity contribution in [3.05, 3.63) is 35.9 Å². The predicted octanol–water partition coefficient (Wildman–Crippen LogP) is 5.53. The summed E-state index contributed by atoms with van der Waals surface area (Å²) in [5.41, 5.74) is 0.689. The maximum Gasteiger partial charge on any atom is 0.353 e. The molecule has 23 heavy (non-hydrogen) atoms. The number of hydrogen-bond acceptors (Lipinski definition) is 3. The van der Waals surface area contributed by atoms with Crippen LogP contribution in [0.5, 0.6) is 0 Å². The van der Waals surface area contributed by atoms with Gasteiger partial charge in [-0.1, -0.05) is 43.7 Å². The Morgan fingerprint density at radius 2 is 1.65 bits per heavy atom. The summed E-state index contributed by atoms with van der Waals surface area (Å²) in [6, 6.07) is 10.1. The molecule has 1 rings (SSSR count). The second-order valence-electron chi connectivity index (χ2n) is 7.68. The first-order valence-electron chi connectivity index (χ1n) is 8.12. The van der Waals surface area contributed by atoms with Crippen molar-refractivity contribution in [3.8, 4) is 0 Å². The smallest absolute Gasteiger partial charge is 0.353 e. The van der Waals surface area contributed by atoms with Gasteiger partial charge in [-0.3, -0.25) is 4.57 Å². The molecule has 0 aliphatic rings. The molecular weight excluding hydrogens is 343 g/mol. The summed E-state index contributed by atoms with van der Waals surface area (Å²) in [5.74, 6) is 0.